The van der Waals surface area contributed by atoms with E-state index in [0.29, 0.717) is 0 Å². The van der Waals surface area contributed by atoms with Gasteiger partial charge in [0.15, 0.2) is 0 Å². The van der Waals surface area contributed by atoms with Crippen LogP contribution in [0.3, 0.4) is 0 Å². The molecular formula is C20H18N2O. The summed E-state index contributed by atoms with van der Waals surface area (Å²) in [6, 6.07) is 24.3. The van der Waals surface area contributed by atoms with Crippen LogP contribution in [0.5, 0.6) is 0 Å². The number of pyridine rings is 1. The molecule has 1 heterocycles. The van der Waals surface area contributed by atoms with Gasteiger partial charge in [-0.3, -0.25) is 4.98 Å². The van der Waals surface area contributed by atoms with Crippen molar-refractivity contribution in [2.24, 2.45) is 5.16 Å². The van der Waals surface area contributed by atoms with Crippen LogP contribution in [0.2, 0.25) is 0 Å². The van der Waals surface area contributed by atoms with Gasteiger partial charge in [-0.25, -0.2) is 0 Å². The average Bonchev–Trinajstić information content (AvgIpc) is 2.62. The van der Waals surface area contributed by atoms with Crippen LogP contribution in [-0.2, 0) is 6.42 Å². The zero-order chi connectivity index (χ0) is 15.9. The van der Waals surface area contributed by atoms with Crippen LogP contribution in [0.4, 0.5) is 0 Å². The highest BCUT2D eigenvalue weighted by atomic mass is 16.4. The largest absolute Gasteiger partial charge is 0.411 e. The summed E-state index contributed by atoms with van der Waals surface area (Å²) in [5, 5.41) is 12.1. The van der Waals surface area contributed by atoms with Gasteiger partial charge in [-0.15, -0.1) is 0 Å². The topological polar surface area (TPSA) is 45.5 Å². The molecule has 3 rings (SSSR count). The number of rotatable bonds is 5. The van der Waals surface area contributed by atoms with Gasteiger partial charge < -0.3 is 5.21 Å². The lowest BCUT2D eigenvalue weighted by Crippen LogP contribution is -2.09. The van der Waals surface area contributed by atoms with Gasteiger partial charge in [0.25, 0.3) is 0 Å². The van der Waals surface area contributed by atoms with Gasteiger partial charge in [-0.05, 0) is 35.2 Å². The van der Waals surface area contributed by atoms with Crippen LogP contribution < -0.4 is 0 Å². The molecular weight excluding hydrogens is 284 g/mol. The van der Waals surface area contributed by atoms with E-state index in [0.717, 1.165) is 23.2 Å². The average molecular weight is 302 g/mol. The number of hydrogen-bond acceptors (Lipinski definition) is 3. The first kappa shape index (κ1) is 15.0. The zero-order valence-corrected chi connectivity index (χ0v) is 12.7. The maximum absolute atomic E-state index is 8.94. The summed E-state index contributed by atoms with van der Waals surface area (Å²) in [7, 11) is 0. The molecule has 0 amide bonds. The van der Waals surface area contributed by atoms with E-state index in [1.165, 1.54) is 11.8 Å². The van der Waals surface area contributed by atoms with E-state index in [1.54, 1.807) is 0 Å². The van der Waals surface area contributed by atoms with Crippen molar-refractivity contribution >= 4 is 6.21 Å². The third kappa shape index (κ3) is 3.64. The predicted molar refractivity (Wildman–Crippen MR) is 92.0 cm³/mol. The van der Waals surface area contributed by atoms with Gasteiger partial charge in [0, 0.05) is 17.8 Å². The SMILES string of the molecule is O/N=C\c1ccccc1C(Cc1ccccc1)c1ccccn1. The lowest BCUT2D eigenvalue weighted by atomic mass is 9.86. The fourth-order valence-electron chi connectivity index (χ4n) is 2.81. The first-order valence-electron chi connectivity index (χ1n) is 7.59. The molecule has 0 spiro atoms. The van der Waals surface area contributed by atoms with E-state index in [9.17, 15) is 0 Å². The Hall–Kier alpha value is -2.94. The van der Waals surface area contributed by atoms with Gasteiger partial charge >= 0.3 is 0 Å². The molecule has 23 heavy (non-hydrogen) atoms. The number of nitrogens with zero attached hydrogens (tertiary/aromatic N) is 2. The molecule has 0 radical (unpaired) electrons. The maximum Gasteiger partial charge on any atom is 0.0736 e. The minimum absolute atomic E-state index is 0.104. The molecule has 3 heteroatoms. The van der Waals surface area contributed by atoms with Crippen molar-refractivity contribution in [2.45, 2.75) is 12.3 Å². The van der Waals surface area contributed by atoms with E-state index < -0.39 is 0 Å². The summed E-state index contributed by atoms with van der Waals surface area (Å²) in [6.07, 6.45) is 4.14. The van der Waals surface area contributed by atoms with E-state index in [-0.39, 0.29) is 5.92 Å². The van der Waals surface area contributed by atoms with Crippen molar-refractivity contribution in [3.8, 4) is 0 Å². The Balaban J connectivity index is 2.06. The second-order valence-corrected chi connectivity index (χ2v) is 5.37. The second-order valence-electron chi connectivity index (χ2n) is 5.37. The van der Waals surface area contributed by atoms with Gasteiger partial charge in [-0.2, -0.15) is 0 Å². The molecule has 0 aliphatic carbocycles. The Bertz CT molecular complexity index is 770. The van der Waals surface area contributed by atoms with Crippen LogP contribution in [0.15, 0.2) is 84.1 Å². The molecule has 1 atom stereocenters. The van der Waals surface area contributed by atoms with Gasteiger partial charge in [-0.1, -0.05) is 65.8 Å². The lowest BCUT2D eigenvalue weighted by Gasteiger charge is -2.19. The Morgan fingerprint density at radius 2 is 1.65 bits per heavy atom. The number of benzene rings is 2. The molecule has 0 aliphatic heterocycles. The van der Waals surface area contributed by atoms with Crippen LogP contribution >= 0.6 is 0 Å². The number of aromatic nitrogens is 1. The van der Waals surface area contributed by atoms with Crippen molar-refractivity contribution in [2.75, 3.05) is 0 Å². The molecule has 2 aromatic carbocycles. The Labute approximate surface area is 136 Å². The third-order valence-electron chi connectivity index (χ3n) is 3.90. The van der Waals surface area contributed by atoms with Crippen LogP contribution in [-0.4, -0.2) is 16.4 Å². The molecule has 0 saturated carbocycles. The van der Waals surface area contributed by atoms with Crippen LogP contribution in [0, 0.1) is 0 Å². The normalized spacial score (nSPS) is 12.3. The maximum atomic E-state index is 8.94. The Morgan fingerprint density at radius 3 is 2.39 bits per heavy atom. The summed E-state index contributed by atoms with van der Waals surface area (Å²) in [6.45, 7) is 0. The smallest absolute Gasteiger partial charge is 0.0736 e. The molecule has 1 aromatic heterocycles. The molecule has 114 valence electrons. The monoisotopic (exact) mass is 302 g/mol. The minimum Gasteiger partial charge on any atom is -0.411 e. The zero-order valence-electron chi connectivity index (χ0n) is 12.7. The summed E-state index contributed by atoms with van der Waals surface area (Å²) in [4.78, 5) is 4.55. The fourth-order valence-corrected chi connectivity index (χ4v) is 2.81. The van der Waals surface area contributed by atoms with Crippen molar-refractivity contribution in [1.82, 2.24) is 4.98 Å². The van der Waals surface area contributed by atoms with Gasteiger partial charge in [0.2, 0.25) is 0 Å². The molecule has 0 bridgehead atoms. The van der Waals surface area contributed by atoms with E-state index in [4.69, 9.17) is 5.21 Å². The highest BCUT2D eigenvalue weighted by molar-refractivity contribution is 5.81. The van der Waals surface area contributed by atoms with Gasteiger partial charge in [0.05, 0.1) is 6.21 Å². The lowest BCUT2D eigenvalue weighted by molar-refractivity contribution is 0.322. The predicted octanol–water partition coefficient (Wildman–Crippen LogP) is 4.26. The van der Waals surface area contributed by atoms with Crippen molar-refractivity contribution in [3.63, 3.8) is 0 Å². The molecule has 3 nitrogen and oxygen atoms in total. The fraction of sp³-hybridized carbons (Fsp3) is 0.100. The highest BCUT2D eigenvalue weighted by Gasteiger charge is 2.18. The minimum atomic E-state index is 0.104. The van der Waals surface area contributed by atoms with E-state index in [1.807, 2.05) is 60.8 Å². The molecule has 0 saturated heterocycles. The third-order valence-corrected chi connectivity index (χ3v) is 3.90. The summed E-state index contributed by atoms with van der Waals surface area (Å²) in [5.74, 6) is 0.104. The quantitative estimate of drug-likeness (QED) is 0.435. The first-order chi connectivity index (χ1) is 11.4. The van der Waals surface area contributed by atoms with E-state index >= 15 is 0 Å². The molecule has 1 N–H and O–H groups in total. The summed E-state index contributed by atoms with van der Waals surface area (Å²) < 4.78 is 0. The van der Waals surface area contributed by atoms with Crippen LogP contribution in [0.1, 0.15) is 28.3 Å². The molecule has 3 aromatic rings. The first-order valence-corrected chi connectivity index (χ1v) is 7.59. The standard InChI is InChI=1S/C20H18N2O/c23-22-15-17-10-4-5-11-18(17)19(20-12-6-7-13-21-20)14-16-8-2-1-3-9-16/h1-13,15,19,23H,14H2/b22-15-. The van der Waals surface area contributed by atoms with E-state index in [2.05, 4.69) is 28.3 Å². The summed E-state index contributed by atoms with van der Waals surface area (Å²) >= 11 is 0. The Kier molecular flexibility index (Phi) is 4.79. The highest BCUT2D eigenvalue weighted by Crippen LogP contribution is 2.29. The number of oxime groups is 1. The van der Waals surface area contributed by atoms with Gasteiger partial charge in [0.1, 0.15) is 0 Å². The van der Waals surface area contributed by atoms with Crippen molar-refractivity contribution < 1.29 is 5.21 Å². The second kappa shape index (κ2) is 7.36. The van der Waals surface area contributed by atoms with Crippen LogP contribution in [0.25, 0.3) is 0 Å². The Morgan fingerprint density at radius 1 is 0.913 bits per heavy atom. The summed E-state index contributed by atoms with van der Waals surface area (Å²) in [5.41, 5.74) is 4.27. The molecule has 0 aliphatic rings. The number of hydrogen-bond donors (Lipinski definition) is 1. The molecule has 1 unspecified atom stereocenters. The van der Waals surface area contributed by atoms with Crippen molar-refractivity contribution in [1.29, 1.82) is 0 Å². The van der Waals surface area contributed by atoms with Crippen molar-refractivity contribution in [3.05, 3.63) is 101 Å². The molecule has 0 fully saturated rings.